The fourth-order valence-electron chi connectivity index (χ4n) is 3.58. The van der Waals surface area contributed by atoms with Crippen LogP contribution in [0.1, 0.15) is 37.6 Å². The lowest BCUT2D eigenvalue weighted by Gasteiger charge is -2.13. The second-order valence-corrected chi connectivity index (χ2v) is 8.41. The van der Waals surface area contributed by atoms with E-state index in [-0.39, 0.29) is 18.0 Å². The smallest absolute Gasteiger partial charge is 0.282 e. The third-order valence-corrected chi connectivity index (χ3v) is 5.84. The van der Waals surface area contributed by atoms with Gasteiger partial charge in [-0.15, -0.1) is 0 Å². The summed E-state index contributed by atoms with van der Waals surface area (Å²) in [7, 11) is 0. The zero-order valence-electron chi connectivity index (χ0n) is 17.2. The molecule has 2 heterocycles. The van der Waals surface area contributed by atoms with Crippen molar-refractivity contribution in [2.75, 3.05) is 0 Å². The third-order valence-electron chi connectivity index (χ3n) is 5.34. The molecule has 0 bridgehead atoms. The van der Waals surface area contributed by atoms with Crippen LogP contribution in [0.15, 0.2) is 63.0 Å². The number of hydrogen-bond acceptors (Lipinski definition) is 4. The van der Waals surface area contributed by atoms with E-state index in [0.29, 0.717) is 16.7 Å². The molecular formula is C23H22BrN5O2. The Hall–Kier alpha value is -3.26. The van der Waals surface area contributed by atoms with Gasteiger partial charge in [0.25, 0.3) is 5.56 Å². The lowest BCUT2D eigenvalue weighted by molar-refractivity contribution is -0.118. The minimum absolute atomic E-state index is 0.0501. The highest BCUT2D eigenvalue weighted by Gasteiger charge is 2.16. The van der Waals surface area contributed by atoms with E-state index in [1.54, 1.807) is 16.8 Å². The van der Waals surface area contributed by atoms with Crippen molar-refractivity contribution in [2.24, 2.45) is 10.8 Å². The van der Waals surface area contributed by atoms with Crippen LogP contribution in [0.25, 0.3) is 21.8 Å². The Morgan fingerprint density at radius 2 is 2.03 bits per heavy atom. The topological polar surface area (TPSA) is 95.3 Å². The standard InChI is InChI=1S/C23H22BrN5O2/c1-3-14(2)22-27-19-9-8-16(24)10-18(19)23(31)29(22)26-11-15-12-28(13-21(25)30)20-7-5-4-6-17(15)20/h4-12,14H,3,13H2,1-2H3,(H2,25,30)/t14-/m1/s1. The van der Waals surface area contributed by atoms with Gasteiger partial charge in [-0.2, -0.15) is 9.78 Å². The maximum atomic E-state index is 13.3. The lowest BCUT2D eigenvalue weighted by Crippen LogP contribution is -2.23. The number of aromatic nitrogens is 3. The van der Waals surface area contributed by atoms with Crippen molar-refractivity contribution < 1.29 is 4.79 Å². The first kappa shape index (κ1) is 21.0. The van der Waals surface area contributed by atoms with Crippen LogP contribution in [-0.2, 0) is 11.3 Å². The van der Waals surface area contributed by atoms with Crippen molar-refractivity contribution in [3.8, 4) is 0 Å². The molecule has 8 heteroatoms. The van der Waals surface area contributed by atoms with E-state index >= 15 is 0 Å². The lowest BCUT2D eigenvalue weighted by atomic mass is 10.1. The molecule has 0 aliphatic heterocycles. The fraction of sp³-hybridized carbons (Fsp3) is 0.217. The molecule has 0 saturated heterocycles. The molecule has 0 spiro atoms. The van der Waals surface area contributed by atoms with Gasteiger partial charge in [-0.25, -0.2) is 4.98 Å². The summed E-state index contributed by atoms with van der Waals surface area (Å²) in [6, 6.07) is 13.1. The molecule has 31 heavy (non-hydrogen) atoms. The molecule has 2 N–H and O–H groups in total. The van der Waals surface area contributed by atoms with Gasteiger partial charge in [-0.3, -0.25) is 9.59 Å². The molecule has 7 nitrogen and oxygen atoms in total. The van der Waals surface area contributed by atoms with Crippen molar-refractivity contribution in [3.63, 3.8) is 0 Å². The van der Waals surface area contributed by atoms with Gasteiger partial charge in [0.05, 0.1) is 17.1 Å². The SMILES string of the molecule is CC[C@@H](C)c1nc2ccc(Br)cc2c(=O)n1N=Cc1cn(CC(N)=O)c2ccccc12. The quantitative estimate of drug-likeness (QED) is 0.423. The zero-order valence-corrected chi connectivity index (χ0v) is 18.8. The molecule has 0 aliphatic carbocycles. The number of hydrogen-bond donors (Lipinski definition) is 1. The summed E-state index contributed by atoms with van der Waals surface area (Å²) in [6.45, 7) is 4.14. The molecule has 4 rings (SSSR count). The van der Waals surface area contributed by atoms with Gasteiger partial charge < -0.3 is 10.3 Å². The van der Waals surface area contributed by atoms with Crippen molar-refractivity contribution in [3.05, 3.63) is 74.9 Å². The second kappa shape index (κ2) is 8.47. The molecule has 0 saturated carbocycles. The van der Waals surface area contributed by atoms with Crippen molar-refractivity contribution >= 4 is 49.9 Å². The Bertz CT molecular complexity index is 1390. The number of amides is 1. The first-order valence-electron chi connectivity index (χ1n) is 10.0. The summed E-state index contributed by atoms with van der Waals surface area (Å²) in [5.74, 6) is 0.234. The predicted molar refractivity (Wildman–Crippen MR) is 127 cm³/mol. The number of halogens is 1. The van der Waals surface area contributed by atoms with Gasteiger partial charge in [0.15, 0.2) is 0 Å². The first-order valence-corrected chi connectivity index (χ1v) is 10.8. The minimum atomic E-state index is -0.427. The van der Waals surface area contributed by atoms with Crippen LogP contribution >= 0.6 is 15.9 Å². The summed E-state index contributed by atoms with van der Waals surface area (Å²) in [5.41, 5.74) is 7.47. The molecule has 0 aliphatic rings. The summed E-state index contributed by atoms with van der Waals surface area (Å²) in [6.07, 6.45) is 4.28. The van der Waals surface area contributed by atoms with Crippen LogP contribution in [-0.4, -0.2) is 26.3 Å². The fourth-order valence-corrected chi connectivity index (χ4v) is 3.94. The average Bonchev–Trinajstić information content (AvgIpc) is 3.09. The molecule has 1 atom stereocenters. The van der Waals surface area contributed by atoms with E-state index in [1.807, 2.05) is 56.4 Å². The van der Waals surface area contributed by atoms with Gasteiger partial charge in [0.2, 0.25) is 5.91 Å². The second-order valence-electron chi connectivity index (χ2n) is 7.50. The van der Waals surface area contributed by atoms with E-state index in [1.165, 1.54) is 4.68 Å². The zero-order chi connectivity index (χ0) is 22.1. The van der Waals surface area contributed by atoms with E-state index in [2.05, 4.69) is 21.0 Å². The van der Waals surface area contributed by atoms with Crippen molar-refractivity contribution in [1.29, 1.82) is 0 Å². The summed E-state index contributed by atoms with van der Waals surface area (Å²) >= 11 is 3.42. The van der Waals surface area contributed by atoms with E-state index in [9.17, 15) is 9.59 Å². The number of nitrogens with two attached hydrogens (primary N) is 1. The largest absolute Gasteiger partial charge is 0.368 e. The normalized spacial score (nSPS) is 12.7. The molecule has 4 aromatic rings. The number of para-hydroxylation sites is 1. The Balaban J connectivity index is 1.89. The van der Waals surface area contributed by atoms with Gasteiger partial charge in [-0.05, 0) is 30.7 Å². The number of primary amides is 1. The Kier molecular flexibility index (Phi) is 5.73. The Morgan fingerprint density at radius 1 is 1.26 bits per heavy atom. The number of carbonyl (C=O) groups is 1. The Labute approximate surface area is 187 Å². The highest BCUT2D eigenvalue weighted by molar-refractivity contribution is 9.10. The van der Waals surface area contributed by atoms with Crippen LogP contribution in [0.3, 0.4) is 0 Å². The van der Waals surface area contributed by atoms with Gasteiger partial charge in [-0.1, -0.05) is 48.0 Å². The third kappa shape index (κ3) is 4.03. The summed E-state index contributed by atoms with van der Waals surface area (Å²) in [4.78, 5) is 29.5. The average molecular weight is 480 g/mol. The van der Waals surface area contributed by atoms with E-state index < -0.39 is 5.91 Å². The number of rotatable bonds is 6. The van der Waals surface area contributed by atoms with Crippen LogP contribution in [0.2, 0.25) is 0 Å². The maximum absolute atomic E-state index is 13.3. The molecule has 0 fully saturated rings. The molecular weight excluding hydrogens is 458 g/mol. The molecule has 1 amide bonds. The van der Waals surface area contributed by atoms with Crippen LogP contribution in [0, 0.1) is 0 Å². The van der Waals surface area contributed by atoms with Gasteiger partial charge in [0, 0.05) is 33.1 Å². The van der Waals surface area contributed by atoms with Crippen molar-refractivity contribution in [2.45, 2.75) is 32.7 Å². The molecule has 158 valence electrons. The minimum Gasteiger partial charge on any atom is -0.368 e. The van der Waals surface area contributed by atoms with Gasteiger partial charge in [0.1, 0.15) is 12.4 Å². The number of carbonyl (C=O) groups excluding carboxylic acids is 1. The molecule has 2 aromatic heterocycles. The predicted octanol–water partition coefficient (Wildman–Crippen LogP) is 3.99. The number of nitrogens with zero attached hydrogens (tertiary/aromatic N) is 4. The van der Waals surface area contributed by atoms with E-state index in [4.69, 9.17) is 10.7 Å². The Morgan fingerprint density at radius 3 is 2.77 bits per heavy atom. The molecule has 2 aromatic carbocycles. The summed E-state index contributed by atoms with van der Waals surface area (Å²) < 4.78 is 3.97. The van der Waals surface area contributed by atoms with Crippen LogP contribution in [0.4, 0.5) is 0 Å². The van der Waals surface area contributed by atoms with Crippen molar-refractivity contribution in [1.82, 2.24) is 14.2 Å². The number of fused-ring (bicyclic) bond motifs is 2. The van der Waals surface area contributed by atoms with Gasteiger partial charge >= 0.3 is 0 Å². The van der Waals surface area contributed by atoms with E-state index in [0.717, 1.165) is 27.4 Å². The summed E-state index contributed by atoms with van der Waals surface area (Å²) in [5, 5.41) is 5.95. The van der Waals surface area contributed by atoms with Crippen LogP contribution in [0.5, 0.6) is 0 Å². The highest BCUT2D eigenvalue weighted by atomic mass is 79.9. The number of benzene rings is 2. The molecule has 0 radical (unpaired) electrons. The molecule has 0 unspecified atom stereocenters. The first-order chi connectivity index (χ1) is 14.9. The monoisotopic (exact) mass is 479 g/mol. The highest BCUT2D eigenvalue weighted by Crippen LogP contribution is 2.22. The van der Waals surface area contributed by atoms with Crippen LogP contribution < -0.4 is 11.3 Å². The maximum Gasteiger partial charge on any atom is 0.282 e.